The Morgan fingerprint density at radius 1 is 1.29 bits per heavy atom. The van der Waals surface area contributed by atoms with Crippen LogP contribution in [0.3, 0.4) is 0 Å². The van der Waals surface area contributed by atoms with Crippen LogP contribution in [0.2, 0.25) is 0 Å². The van der Waals surface area contributed by atoms with Crippen molar-refractivity contribution in [3.63, 3.8) is 0 Å². The standard InChI is InChI=1S/C18H23N3O2S/c1-12-4-5-17(24-12)21-11-18(8-16(21)22)6-7-20(10-18)9-15-13(2)19-23-14(15)3/h4-5H,6-11H2,1-3H3. The van der Waals surface area contributed by atoms with Crippen molar-refractivity contribution in [2.75, 3.05) is 24.5 Å². The molecule has 128 valence electrons. The summed E-state index contributed by atoms with van der Waals surface area (Å²) in [4.78, 5) is 18.3. The maximum Gasteiger partial charge on any atom is 0.228 e. The van der Waals surface area contributed by atoms with E-state index in [2.05, 4.69) is 29.1 Å². The Balaban J connectivity index is 1.47. The summed E-state index contributed by atoms with van der Waals surface area (Å²) >= 11 is 1.71. The second kappa shape index (κ2) is 5.70. The van der Waals surface area contributed by atoms with Crippen LogP contribution >= 0.6 is 11.3 Å². The van der Waals surface area contributed by atoms with Crippen LogP contribution in [0.15, 0.2) is 16.7 Å². The SMILES string of the molecule is Cc1ccc(N2CC3(CCN(Cc4c(C)noc4C)C3)CC2=O)s1. The van der Waals surface area contributed by atoms with Crippen LogP contribution in [0.4, 0.5) is 5.00 Å². The van der Waals surface area contributed by atoms with Crippen molar-refractivity contribution in [3.8, 4) is 0 Å². The van der Waals surface area contributed by atoms with Gasteiger partial charge in [-0.1, -0.05) is 5.16 Å². The number of rotatable bonds is 3. The van der Waals surface area contributed by atoms with Crippen molar-refractivity contribution in [2.24, 2.45) is 5.41 Å². The highest BCUT2D eigenvalue weighted by Gasteiger charge is 2.48. The molecule has 0 aromatic carbocycles. The largest absolute Gasteiger partial charge is 0.361 e. The van der Waals surface area contributed by atoms with Crippen LogP contribution in [0, 0.1) is 26.2 Å². The number of carbonyl (C=O) groups is 1. The molecule has 1 spiro atoms. The Morgan fingerprint density at radius 3 is 2.79 bits per heavy atom. The molecule has 0 saturated carbocycles. The van der Waals surface area contributed by atoms with Crippen molar-refractivity contribution in [2.45, 2.75) is 40.2 Å². The number of aryl methyl sites for hydroxylation is 3. The number of carbonyl (C=O) groups excluding carboxylic acids is 1. The van der Waals surface area contributed by atoms with Crippen molar-refractivity contribution >= 4 is 22.2 Å². The average molecular weight is 345 g/mol. The van der Waals surface area contributed by atoms with Crippen LogP contribution in [0.5, 0.6) is 0 Å². The third kappa shape index (κ3) is 2.67. The third-order valence-electron chi connectivity index (χ3n) is 5.39. The van der Waals surface area contributed by atoms with Crippen LogP contribution in [-0.4, -0.2) is 35.6 Å². The number of hydrogen-bond donors (Lipinski definition) is 0. The van der Waals surface area contributed by atoms with E-state index < -0.39 is 0 Å². The molecule has 1 amide bonds. The molecule has 6 heteroatoms. The first-order valence-corrected chi connectivity index (χ1v) is 9.28. The first-order valence-electron chi connectivity index (χ1n) is 8.47. The molecule has 2 fully saturated rings. The van der Waals surface area contributed by atoms with Gasteiger partial charge in [-0.2, -0.15) is 0 Å². The number of hydrogen-bond acceptors (Lipinski definition) is 5. The number of amides is 1. The maximum atomic E-state index is 12.6. The lowest BCUT2D eigenvalue weighted by atomic mass is 9.86. The number of aromatic nitrogens is 1. The number of likely N-dealkylation sites (tertiary alicyclic amines) is 1. The molecule has 2 aromatic rings. The fraction of sp³-hybridized carbons (Fsp3) is 0.556. The predicted molar refractivity (Wildman–Crippen MR) is 94.3 cm³/mol. The lowest BCUT2D eigenvalue weighted by Gasteiger charge is -2.23. The van der Waals surface area contributed by atoms with Gasteiger partial charge in [-0.3, -0.25) is 9.69 Å². The van der Waals surface area contributed by atoms with Gasteiger partial charge < -0.3 is 9.42 Å². The predicted octanol–water partition coefficient (Wildman–Crippen LogP) is 3.29. The zero-order valence-electron chi connectivity index (χ0n) is 14.5. The Bertz CT molecular complexity index is 762. The van der Waals surface area contributed by atoms with Gasteiger partial charge in [0.15, 0.2) is 0 Å². The molecule has 0 bridgehead atoms. The third-order valence-corrected chi connectivity index (χ3v) is 6.42. The molecule has 4 heterocycles. The van der Waals surface area contributed by atoms with Gasteiger partial charge in [-0.25, -0.2) is 0 Å². The van der Waals surface area contributed by atoms with Gasteiger partial charge in [0.1, 0.15) is 5.76 Å². The molecule has 24 heavy (non-hydrogen) atoms. The fourth-order valence-electron chi connectivity index (χ4n) is 4.05. The minimum absolute atomic E-state index is 0.105. The van der Waals surface area contributed by atoms with Gasteiger partial charge in [0.2, 0.25) is 5.91 Å². The van der Waals surface area contributed by atoms with E-state index in [1.54, 1.807) is 11.3 Å². The maximum absolute atomic E-state index is 12.6. The summed E-state index contributed by atoms with van der Waals surface area (Å²) in [6.07, 6.45) is 1.75. The van der Waals surface area contributed by atoms with Gasteiger partial charge >= 0.3 is 0 Å². The summed E-state index contributed by atoms with van der Waals surface area (Å²) in [7, 11) is 0. The Hall–Kier alpha value is -1.66. The molecule has 1 atom stereocenters. The Labute approximate surface area is 146 Å². The summed E-state index contributed by atoms with van der Waals surface area (Å²) in [6, 6.07) is 4.17. The van der Waals surface area contributed by atoms with Gasteiger partial charge in [0.25, 0.3) is 0 Å². The molecule has 0 N–H and O–H groups in total. The summed E-state index contributed by atoms with van der Waals surface area (Å²) in [5.41, 5.74) is 2.28. The van der Waals surface area contributed by atoms with Gasteiger partial charge in [0, 0.05) is 41.9 Å². The summed E-state index contributed by atoms with van der Waals surface area (Å²) in [5, 5.41) is 5.15. The monoisotopic (exact) mass is 345 g/mol. The van der Waals surface area contributed by atoms with Crippen molar-refractivity contribution in [1.29, 1.82) is 0 Å². The molecule has 2 aliphatic rings. The molecular formula is C18H23N3O2S. The minimum atomic E-state index is 0.105. The molecular weight excluding hydrogens is 322 g/mol. The molecule has 5 nitrogen and oxygen atoms in total. The summed E-state index contributed by atoms with van der Waals surface area (Å²) in [6.45, 7) is 9.79. The van der Waals surface area contributed by atoms with Crippen LogP contribution < -0.4 is 4.90 Å². The quantitative estimate of drug-likeness (QED) is 0.856. The van der Waals surface area contributed by atoms with E-state index in [1.807, 2.05) is 18.7 Å². The molecule has 0 aliphatic carbocycles. The Kier molecular flexibility index (Phi) is 3.77. The van der Waals surface area contributed by atoms with Crippen molar-refractivity contribution < 1.29 is 9.32 Å². The van der Waals surface area contributed by atoms with Crippen molar-refractivity contribution in [3.05, 3.63) is 34.0 Å². The fourth-order valence-corrected chi connectivity index (χ4v) is 4.93. The Morgan fingerprint density at radius 2 is 2.12 bits per heavy atom. The highest BCUT2D eigenvalue weighted by molar-refractivity contribution is 7.16. The minimum Gasteiger partial charge on any atom is -0.361 e. The average Bonchev–Trinajstić information content (AvgIpc) is 3.27. The number of nitrogens with zero attached hydrogens (tertiary/aromatic N) is 3. The van der Waals surface area contributed by atoms with Gasteiger partial charge in [-0.15, -0.1) is 11.3 Å². The lowest BCUT2D eigenvalue weighted by molar-refractivity contribution is -0.117. The topological polar surface area (TPSA) is 49.6 Å². The molecule has 0 radical (unpaired) electrons. The second-order valence-electron chi connectivity index (χ2n) is 7.30. The molecule has 4 rings (SSSR count). The van der Waals surface area contributed by atoms with Gasteiger partial charge in [-0.05, 0) is 45.9 Å². The molecule has 2 saturated heterocycles. The first-order chi connectivity index (χ1) is 11.5. The molecule has 2 aromatic heterocycles. The van der Waals surface area contributed by atoms with E-state index in [-0.39, 0.29) is 11.3 Å². The number of thiophene rings is 1. The van der Waals surface area contributed by atoms with Crippen LogP contribution in [-0.2, 0) is 11.3 Å². The second-order valence-corrected chi connectivity index (χ2v) is 8.57. The van der Waals surface area contributed by atoms with Crippen molar-refractivity contribution in [1.82, 2.24) is 10.1 Å². The van der Waals surface area contributed by atoms with E-state index in [1.165, 1.54) is 10.4 Å². The summed E-state index contributed by atoms with van der Waals surface area (Å²) in [5.74, 6) is 1.18. The summed E-state index contributed by atoms with van der Waals surface area (Å²) < 4.78 is 5.28. The van der Waals surface area contributed by atoms with Crippen LogP contribution in [0.25, 0.3) is 0 Å². The first kappa shape index (κ1) is 15.8. The highest BCUT2D eigenvalue weighted by Crippen LogP contribution is 2.43. The lowest BCUT2D eigenvalue weighted by Crippen LogP contribution is -2.31. The zero-order chi connectivity index (χ0) is 16.9. The smallest absolute Gasteiger partial charge is 0.228 e. The van der Waals surface area contributed by atoms with E-state index in [0.29, 0.717) is 6.42 Å². The zero-order valence-corrected chi connectivity index (χ0v) is 15.3. The van der Waals surface area contributed by atoms with Gasteiger partial charge in [0.05, 0.1) is 10.7 Å². The highest BCUT2D eigenvalue weighted by atomic mass is 32.1. The van der Waals surface area contributed by atoms with E-state index in [4.69, 9.17) is 4.52 Å². The van der Waals surface area contributed by atoms with E-state index in [9.17, 15) is 4.79 Å². The van der Waals surface area contributed by atoms with E-state index in [0.717, 1.165) is 49.1 Å². The van der Waals surface area contributed by atoms with Crippen LogP contribution in [0.1, 0.15) is 34.7 Å². The normalized spacial score (nSPS) is 24.6. The molecule has 2 aliphatic heterocycles. The molecule has 1 unspecified atom stereocenters. The van der Waals surface area contributed by atoms with E-state index >= 15 is 0 Å². The number of anilines is 1.